The molecule has 3 nitrogen and oxygen atoms in total. The van der Waals surface area contributed by atoms with Gasteiger partial charge in [0.15, 0.2) is 0 Å². The first-order valence-corrected chi connectivity index (χ1v) is 10.3. The Morgan fingerprint density at radius 1 is 1.17 bits per heavy atom. The number of piperazine rings is 1. The van der Waals surface area contributed by atoms with Gasteiger partial charge in [-0.3, -0.25) is 4.79 Å². The third kappa shape index (κ3) is 4.32. The van der Waals surface area contributed by atoms with Gasteiger partial charge >= 0.3 is 6.18 Å². The highest BCUT2D eigenvalue weighted by Gasteiger charge is 2.75. The monoisotopic (exact) mass is 440 g/mol. The highest BCUT2D eigenvalue weighted by atomic mass is 32.2. The van der Waals surface area contributed by atoms with E-state index in [0.717, 1.165) is 0 Å². The maximum Gasteiger partial charge on any atom is 0.398 e. The van der Waals surface area contributed by atoms with Gasteiger partial charge in [0.05, 0.1) is 11.4 Å². The molecule has 1 saturated heterocycles. The molecule has 1 saturated carbocycles. The maximum absolute atomic E-state index is 14.4. The highest BCUT2D eigenvalue weighted by molar-refractivity contribution is 7.99. The van der Waals surface area contributed by atoms with Crippen LogP contribution in [0.15, 0.2) is 17.0 Å². The van der Waals surface area contributed by atoms with E-state index in [9.17, 15) is 31.1 Å². The van der Waals surface area contributed by atoms with E-state index < -0.39 is 41.4 Å². The Kier molecular flexibility index (Phi) is 5.79. The van der Waals surface area contributed by atoms with E-state index in [1.54, 1.807) is 18.7 Å². The summed E-state index contributed by atoms with van der Waals surface area (Å²) in [4.78, 5) is 15.9. The molecule has 0 bridgehead atoms. The van der Waals surface area contributed by atoms with Crippen LogP contribution in [0.25, 0.3) is 0 Å². The fourth-order valence-corrected chi connectivity index (χ4v) is 4.56. The van der Waals surface area contributed by atoms with Gasteiger partial charge in [-0.15, -0.1) is 11.8 Å². The average Bonchev–Trinajstić information content (AvgIpc) is 3.22. The van der Waals surface area contributed by atoms with Gasteiger partial charge in [-0.25, -0.2) is 13.2 Å². The molecule has 1 aliphatic carbocycles. The van der Waals surface area contributed by atoms with Crippen LogP contribution in [0.4, 0.5) is 32.0 Å². The number of halogens is 6. The normalized spacial score (nSPS) is 24.0. The zero-order valence-corrected chi connectivity index (χ0v) is 16.9. The zero-order chi connectivity index (χ0) is 21.6. The fraction of sp³-hybridized carbons (Fsp3) is 0.632. The molecule has 10 heteroatoms. The molecule has 1 heterocycles. The number of carbonyl (C=O) groups is 1. The summed E-state index contributed by atoms with van der Waals surface area (Å²) in [5.74, 6) is -5.19. The van der Waals surface area contributed by atoms with Crippen molar-refractivity contribution in [1.82, 2.24) is 4.90 Å². The Bertz CT molecular complexity index is 792. The fourth-order valence-electron chi connectivity index (χ4n) is 3.75. The Morgan fingerprint density at radius 2 is 1.76 bits per heavy atom. The number of rotatable bonds is 5. The number of anilines is 1. The van der Waals surface area contributed by atoms with Crippen LogP contribution in [0.5, 0.6) is 0 Å². The van der Waals surface area contributed by atoms with Crippen LogP contribution < -0.4 is 4.90 Å². The second-order valence-electron chi connectivity index (χ2n) is 7.57. The summed E-state index contributed by atoms with van der Waals surface area (Å²) in [6.07, 6.45) is -4.72. The molecule has 1 aliphatic heterocycles. The van der Waals surface area contributed by atoms with Crippen LogP contribution in [-0.2, 0) is 4.79 Å². The first kappa shape index (κ1) is 22.1. The molecule has 0 N–H and O–H groups in total. The SMILES string of the molecule is CCC1(C(=O)N2CCN(c3cc(SCC(F)(F)F)c(C)cc3F)CC2)CC1(F)F. The summed E-state index contributed by atoms with van der Waals surface area (Å²) < 4.78 is 79.4. The Morgan fingerprint density at radius 3 is 2.24 bits per heavy atom. The summed E-state index contributed by atoms with van der Waals surface area (Å²) in [6, 6.07) is 2.59. The quantitative estimate of drug-likeness (QED) is 0.482. The van der Waals surface area contributed by atoms with E-state index in [-0.39, 0.29) is 38.3 Å². The van der Waals surface area contributed by atoms with Crippen molar-refractivity contribution in [2.24, 2.45) is 5.41 Å². The summed E-state index contributed by atoms with van der Waals surface area (Å²) in [7, 11) is 0. The molecule has 29 heavy (non-hydrogen) atoms. The van der Waals surface area contributed by atoms with Crippen LogP contribution in [0, 0.1) is 18.2 Å². The lowest BCUT2D eigenvalue weighted by Gasteiger charge is -2.38. The Balaban J connectivity index is 1.68. The van der Waals surface area contributed by atoms with Gasteiger partial charge in [-0.2, -0.15) is 13.2 Å². The van der Waals surface area contributed by atoms with E-state index in [1.807, 2.05) is 0 Å². The second-order valence-corrected chi connectivity index (χ2v) is 8.59. The zero-order valence-electron chi connectivity index (χ0n) is 16.1. The number of aryl methyl sites for hydroxylation is 1. The van der Waals surface area contributed by atoms with Gasteiger partial charge in [0.2, 0.25) is 5.91 Å². The number of benzene rings is 1. The van der Waals surface area contributed by atoms with Crippen molar-refractivity contribution in [2.75, 3.05) is 36.8 Å². The smallest absolute Gasteiger partial charge is 0.366 e. The van der Waals surface area contributed by atoms with Crippen molar-refractivity contribution < 1.29 is 31.1 Å². The number of alkyl halides is 5. The molecule has 1 atom stereocenters. The van der Waals surface area contributed by atoms with Crippen molar-refractivity contribution in [3.05, 3.63) is 23.5 Å². The van der Waals surface area contributed by atoms with Crippen molar-refractivity contribution in [3.63, 3.8) is 0 Å². The molecule has 0 spiro atoms. The van der Waals surface area contributed by atoms with Crippen molar-refractivity contribution >= 4 is 23.4 Å². The molecule has 2 aliphatic rings. The van der Waals surface area contributed by atoms with Gasteiger partial charge in [0.25, 0.3) is 5.92 Å². The van der Waals surface area contributed by atoms with E-state index >= 15 is 0 Å². The summed E-state index contributed by atoms with van der Waals surface area (Å²) in [5, 5.41) is 0. The largest absolute Gasteiger partial charge is 0.398 e. The number of nitrogens with zero attached hydrogens (tertiary/aromatic N) is 2. The first-order chi connectivity index (χ1) is 13.4. The van der Waals surface area contributed by atoms with Gasteiger partial charge in [-0.1, -0.05) is 6.92 Å². The molecule has 2 fully saturated rings. The Hall–Kier alpha value is -1.58. The minimum atomic E-state index is -4.34. The van der Waals surface area contributed by atoms with Crippen LogP contribution in [-0.4, -0.2) is 54.8 Å². The lowest BCUT2D eigenvalue weighted by molar-refractivity contribution is -0.141. The summed E-state index contributed by atoms with van der Waals surface area (Å²) in [6.45, 7) is 3.88. The number of carbonyl (C=O) groups excluding carboxylic acids is 1. The van der Waals surface area contributed by atoms with E-state index in [0.29, 0.717) is 22.2 Å². The predicted octanol–water partition coefficient (Wildman–Crippen LogP) is 4.87. The molecule has 1 unspecified atom stereocenters. The van der Waals surface area contributed by atoms with Crippen molar-refractivity contribution in [2.45, 2.75) is 43.7 Å². The minimum Gasteiger partial charge on any atom is -0.366 e. The van der Waals surface area contributed by atoms with Crippen LogP contribution in [0.3, 0.4) is 0 Å². The average molecular weight is 440 g/mol. The highest BCUT2D eigenvalue weighted by Crippen LogP contribution is 2.63. The third-order valence-corrected chi connectivity index (χ3v) is 6.88. The Labute approximate surface area is 169 Å². The van der Waals surface area contributed by atoms with E-state index in [1.165, 1.54) is 17.0 Å². The molecule has 0 aromatic heterocycles. The van der Waals surface area contributed by atoms with Gasteiger partial charge in [0, 0.05) is 37.5 Å². The first-order valence-electron chi connectivity index (χ1n) is 9.32. The maximum atomic E-state index is 14.4. The molecule has 1 aromatic rings. The molecule has 0 radical (unpaired) electrons. The number of hydrogen-bond acceptors (Lipinski definition) is 3. The van der Waals surface area contributed by atoms with Gasteiger partial charge in [0.1, 0.15) is 11.2 Å². The van der Waals surface area contributed by atoms with Crippen molar-refractivity contribution in [1.29, 1.82) is 0 Å². The lowest BCUT2D eigenvalue weighted by atomic mass is 10.0. The summed E-state index contributed by atoms with van der Waals surface area (Å²) in [5.41, 5.74) is -1.05. The molecule has 1 amide bonds. The second kappa shape index (κ2) is 7.59. The van der Waals surface area contributed by atoms with Gasteiger partial charge in [-0.05, 0) is 31.0 Å². The van der Waals surface area contributed by atoms with E-state index in [4.69, 9.17) is 0 Å². The van der Waals surface area contributed by atoms with Crippen LogP contribution >= 0.6 is 11.8 Å². The predicted molar refractivity (Wildman–Crippen MR) is 99.0 cm³/mol. The minimum absolute atomic E-state index is 0.0609. The van der Waals surface area contributed by atoms with Crippen LogP contribution in [0.1, 0.15) is 25.3 Å². The molecular formula is C19H22F6N2OS. The molecule has 1 aromatic carbocycles. The van der Waals surface area contributed by atoms with Gasteiger partial charge < -0.3 is 9.80 Å². The number of hydrogen-bond donors (Lipinski definition) is 0. The number of amides is 1. The topological polar surface area (TPSA) is 23.6 Å². The third-order valence-electron chi connectivity index (χ3n) is 5.66. The van der Waals surface area contributed by atoms with Crippen molar-refractivity contribution in [3.8, 4) is 0 Å². The summed E-state index contributed by atoms with van der Waals surface area (Å²) >= 11 is 0.594. The molecule has 3 rings (SSSR count). The van der Waals surface area contributed by atoms with Crippen LogP contribution in [0.2, 0.25) is 0 Å². The molecule has 162 valence electrons. The van der Waals surface area contributed by atoms with E-state index in [2.05, 4.69) is 0 Å². The number of thioether (sulfide) groups is 1. The lowest BCUT2D eigenvalue weighted by Crippen LogP contribution is -2.51. The molecular weight excluding hydrogens is 418 g/mol. The standard InChI is InChI=1S/C19H22F6N2OS/c1-3-17(10-18(17,21)22)16(28)27-6-4-26(5-7-27)14-9-15(12(2)8-13(14)20)29-11-19(23,24)25/h8-9H,3-7,10-11H2,1-2H3.